The molecule has 4 N–H and O–H groups in total. The van der Waals surface area contributed by atoms with Crippen molar-refractivity contribution in [2.24, 2.45) is 11.5 Å². The highest BCUT2D eigenvalue weighted by molar-refractivity contribution is 5.80. The van der Waals surface area contributed by atoms with E-state index in [1.807, 2.05) is 36.1 Å². The van der Waals surface area contributed by atoms with Crippen LogP contribution in [0.5, 0.6) is 5.75 Å². The van der Waals surface area contributed by atoms with Gasteiger partial charge in [0.05, 0.1) is 26.4 Å². The monoisotopic (exact) mass is 293 g/mol. The Balaban J connectivity index is 2.29. The molecular weight excluding hydrogens is 270 g/mol. The number of hydrogen-bond donors (Lipinski definition) is 2. The SMILES string of the molecule is COc1ccc(C(C(C)N)N2CCOCC2C(N)=O)cc1. The Labute approximate surface area is 125 Å². The summed E-state index contributed by atoms with van der Waals surface area (Å²) in [6.07, 6.45) is 0. The molecule has 6 nitrogen and oxygen atoms in total. The zero-order valence-corrected chi connectivity index (χ0v) is 12.5. The van der Waals surface area contributed by atoms with E-state index in [4.69, 9.17) is 20.9 Å². The van der Waals surface area contributed by atoms with E-state index in [-0.39, 0.29) is 18.0 Å². The normalized spacial score (nSPS) is 22.5. The molecule has 1 aromatic carbocycles. The number of carbonyl (C=O) groups is 1. The highest BCUT2D eigenvalue weighted by Crippen LogP contribution is 2.28. The number of carbonyl (C=O) groups excluding carboxylic acids is 1. The summed E-state index contributed by atoms with van der Waals surface area (Å²) in [6, 6.07) is 7.06. The molecule has 6 heteroatoms. The second-order valence-corrected chi connectivity index (χ2v) is 5.31. The van der Waals surface area contributed by atoms with Gasteiger partial charge < -0.3 is 20.9 Å². The summed E-state index contributed by atoms with van der Waals surface area (Å²) in [7, 11) is 1.63. The van der Waals surface area contributed by atoms with E-state index in [9.17, 15) is 4.79 Å². The molecule has 1 aliphatic rings. The van der Waals surface area contributed by atoms with Crippen LogP contribution >= 0.6 is 0 Å². The lowest BCUT2D eigenvalue weighted by molar-refractivity contribution is -0.131. The zero-order valence-electron chi connectivity index (χ0n) is 12.5. The first-order valence-electron chi connectivity index (χ1n) is 7.07. The van der Waals surface area contributed by atoms with Crippen LogP contribution in [-0.4, -0.2) is 49.8 Å². The van der Waals surface area contributed by atoms with Gasteiger partial charge in [0.2, 0.25) is 5.91 Å². The molecule has 1 saturated heterocycles. The van der Waals surface area contributed by atoms with E-state index in [0.717, 1.165) is 11.3 Å². The number of benzene rings is 1. The van der Waals surface area contributed by atoms with Gasteiger partial charge in [0.1, 0.15) is 11.8 Å². The first-order valence-corrected chi connectivity index (χ1v) is 7.07. The summed E-state index contributed by atoms with van der Waals surface area (Å²) in [4.78, 5) is 13.7. The van der Waals surface area contributed by atoms with Crippen molar-refractivity contribution in [1.82, 2.24) is 4.90 Å². The predicted octanol–water partition coefficient (Wildman–Crippen LogP) is 0.270. The Morgan fingerprint density at radius 2 is 2.10 bits per heavy atom. The second-order valence-electron chi connectivity index (χ2n) is 5.31. The van der Waals surface area contributed by atoms with Crippen molar-refractivity contribution in [3.05, 3.63) is 29.8 Å². The van der Waals surface area contributed by atoms with Crippen LogP contribution < -0.4 is 16.2 Å². The number of ether oxygens (including phenoxy) is 2. The van der Waals surface area contributed by atoms with E-state index in [2.05, 4.69) is 0 Å². The van der Waals surface area contributed by atoms with Gasteiger partial charge in [0.15, 0.2) is 0 Å². The summed E-state index contributed by atoms with van der Waals surface area (Å²) >= 11 is 0. The third kappa shape index (κ3) is 3.53. The van der Waals surface area contributed by atoms with Crippen LogP contribution in [0.1, 0.15) is 18.5 Å². The summed E-state index contributed by atoms with van der Waals surface area (Å²) in [5.74, 6) is 0.407. The van der Waals surface area contributed by atoms with Crippen LogP contribution in [-0.2, 0) is 9.53 Å². The van der Waals surface area contributed by atoms with Crippen LogP contribution in [0.25, 0.3) is 0 Å². The molecule has 1 fully saturated rings. The number of primary amides is 1. The molecule has 3 unspecified atom stereocenters. The van der Waals surface area contributed by atoms with Crippen molar-refractivity contribution in [2.45, 2.75) is 25.0 Å². The van der Waals surface area contributed by atoms with E-state index in [1.165, 1.54) is 0 Å². The van der Waals surface area contributed by atoms with Crippen molar-refractivity contribution < 1.29 is 14.3 Å². The largest absolute Gasteiger partial charge is 0.497 e. The van der Waals surface area contributed by atoms with Gasteiger partial charge in [-0.3, -0.25) is 9.69 Å². The Morgan fingerprint density at radius 3 is 2.62 bits per heavy atom. The van der Waals surface area contributed by atoms with Crippen LogP contribution in [0, 0.1) is 0 Å². The minimum atomic E-state index is -0.447. The first kappa shape index (κ1) is 15.8. The molecule has 0 saturated carbocycles. The number of nitrogens with two attached hydrogens (primary N) is 2. The fourth-order valence-electron chi connectivity index (χ4n) is 2.79. The number of methoxy groups -OCH3 is 1. The summed E-state index contributed by atoms with van der Waals surface area (Å²) < 4.78 is 10.5. The summed E-state index contributed by atoms with van der Waals surface area (Å²) in [6.45, 7) is 3.45. The van der Waals surface area contributed by atoms with Gasteiger partial charge in [0.25, 0.3) is 0 Å². The molecule has 1 aromatic rings. The molecule has 2 rings (SSSR count). The molecule has 116 valence electrons. The Bertz CT molecular complexity index is 476. The summed E-state index contributed by atoms with van der Waals surface area (Å²) in [5.41, 5.74) is 12.7. The molecule has 1 aliphatic heterocycles. The van der Waals surface area contributed by atoms with Gasteiger partial charge in [-0.2, -0.15) is 0 Å². The minimum absolute atomic E-state index is 0.0858. The number of nitrogens with zero attached hydrogens (tertiary/aromatic N) is 1. The Morgan fingerprint density at radius 1 is 1.43 bits per heavy atom. The number of morpholine rings is 1. The Hall–Kier alpha value is -1.63. The maximum atomic E-state index is 11.7. The van der Waals surface area contributed by atoms with Crippen LogP contribution in [0.15, 0.2) is 24.3 Å². The molecule has 0 aliphatic carbocycles. The molecule has 0 radical (unpaired) electrons. The lowest BCUT2D eigenvalue weighted by Crippen LogP contribution is -2.56. The maximum Gasteiger partial charge on any atom is 0.237 e. The van der Waals surface area contributed by atoms with Gasteiger partial charge in [-0.25, -0.2) is 0 Å². The van der Waals surface area contributed by atoms with Crippen molar-refractivity contribution in [3.63, 3.8) is 0 Å². The molecule has 21 heavy (non-hydrogen) atoms. The Kier molecular flexibility index (Phi) is 5.17. The van der Waals surface area contributed by atoms with Crippen molar-refractivity contribution in [3.8, 4) is 5.75 Å². The van der Waals surface area contributed by atoms with Crippen LogP contribution in [0.3, 0.4) is 0 Å². The molecule has 0 bridgehead atoms. The average molecular weight is 293 g/mol. The van der Waals surface area contributed by atoms with Gasteiger partial charge in [-0.15, -0.1) is 0 Å². The molecule has 0 spiro atoms. The molecule has 1 amide bonds. The van der Waals surface area contributed by atoms with Gasteiger partial charge in [-0.1, -0.05) is 12.1 Å². The number of amides is 1. The van der Waals surface area contributed by atoms with Crippen LogP contribution in [0.4, 0.5) is 0 Å². The second kappa shape index (κ2) is 6.89. The molecular formula is C15H23N3O3. The van der Waals surface area contributed by atoms with E-state index >= 15 is 0 Å². The average Bonchev–Trinajstić information content (AvgIpc) is 2.48. The lowest BCUT2D eigenvalue weighted by Gasteiger charge is -2.41. The lowest BCUT2D eigenvalue weighted by atomic mass is 9.96. The van der Waals surface area contributed by atoms with Crippen molar-refractivity contribution in [1.29, 1.82) is 0 Å². The minimum Gasteiger partial charge on any atom is -0.497 e. The zero-order chi connectivity index (χ0) is 15.4. The number of rotatable bonds is 5. The molecule has 3 atom stereocenters. The first-order chi connectivity index (χ1) is 10.0. The predicted molar refractivity (Wildman–Crippen MR) is 79.9 cm³/mol. The molecule has 1 heterocycles. The van der Waals surface area contributed by atoms with Crippen molar-refractivity contribution in [2.75, 3.05) is 26.9 Å². The van der Waals surface area contributed by atoms with Crippen molar-refractivity contribution >= 4 is 5.91 Å². The summed E-state index contributed by atoms with van der Waals surface area (Å²) in [5, 5.41) is 0. The van der Waals surface area contributed by atoms with E-state index in [0.29, 0.717) is 19.8 Å². The fraction of sp³-hybridized carbons (Fsp3) is 0.533. The standard InChI is InChI=1S/C15H23N3O3/c1-10(16)14(11-3-5-12(20-2)6-4-11)18-7-8-21-9-13(18)15(17)19/h3-6,10,13-14H,7-9,16H2,1-2H3,(H2,17,19). The topological polar surface area (TPSA) is 90.8 Å². The van der Waals surface area contributed by atoms with Gasteiger partial charge in [0, 0.05) is 12.6 Å². The quantitative estimate of drug-likeness (QED) is 0.813. The smallest absolute Gasteiger partial charge is 0.237 e. The fourth-order valence-corrected chi connectivity index (χ4v) is 2.79. The van der Waals surface area contributed by atoms with E-state index in [1.54, 1.807) is 7.11 Å². The third-order valence-electron chi connectivity index (χ3n) is 3.81. The highest BCUT2D eigenvalue weighted by Gasteiger charge is 2.35. The number of hydrogen-bond acceptors (Lipinski definition) is 5. The maximum absolute atomic E-state index is 11.7. The highest BCUT2D eigenvalue weighted by atomic mass is 16.5. The van der Waals surface area contributed by atoms with Gasteiger partial charge >= 0.3 is 0 Å². The van der Waals surface area contributed by atoms with E-state index < -0.39 is 6.04 Å². The third-order valence-corrected chi connectivity index (χ3v) is 3.81. The van der Waals surface area contributed by atoms with Gasteiger partial charge in [-0.05, 0) is 24.6 Å². The molecule has 0 aromatic heterocycles. The van der Waals surface area contributed by atoms with Crippen LogP contribution in [0.2, 0.25) is 0 Å².